The molecule has 0 saturated heterocycles. The van der Waals surface area contributed by atoms with Gasteiger partial charge < -0.3 is 20.4 Å². The fourth-order valence-corrected chi connectivity index (χ4v) is 1.90. The van der Waals surface area contributed by atoms with E-state index in [2.05, 4.69) is 5.32 Å². The van der Waals surface area contributed by atoms with E-state index in [4.69, 9.17) is 10.2 Å². The van der Waals surface area contributed by atoms with Gasteiger partial charge in [0.25, 0.3) is 5.91 Å². The standard InChI is InChI=1S/C14H18N2O5/c1-15-7-6-10-4-2-3-5-11(10)14(21)16(8-12(17)18)9-13(19)20/h2-5,15H,6-9H2,1H3,(H,17,18)(H,19,20). The van der Waals surface area contributed by atoms with Gasteiger partial charge in [0.15, 0.2) is 0 Å². The minimum atomic E-state index is -1.25. The van der Waals surface area contributed by atoms with Crippen molar-refractivity contribution in [2.45, 2.75) is 6.42 Å². The first-order valence-corrected chi connectivity index (χ1v) is 6.41. The lowest BCUT2D eigenvalue weighted by Gasteiger charge is -2.20. The highest BCUT2D eigenvalue weighted by atomic mass is 16.4. The van der Waals surface area contributed by atoms with Crippen molar-refractivity contribution in [3.05, 3.63) is 35.4 Å². The van der Waals surface area contributed by atoms with Crippen LogP contribution < -0.4 is 5.32 Å². The third-order valence-corrected chi connectivity index (χ3v) is 2.83. The Morgan fingerprint density at radius 2 is 1.67 bits per heavy atom. The molecular formula is C14H18N2O5. The van der Waals surface area contributed by atoms with Crippen molar-refractivity contribution in [3.63, 3.8) is 0 Å². The van der Waals surface area contributed by atoms with Crippen LogP contribution in [-0.2, 0) is 16.0 Å². The molecule has 0 aromatic heterocycles. The number of aliphatic carboxylic acids is 2. The summed E-state index contributed by atoms with van der Waals surface area (Å²) in [6.07, 6.45) is 0.590. The molecule has 0 bridgehead atoms. The molecular weight excluding hydrogens is 276 g/mol. The maximum atomic E-state index is 12.4. The van der Waals surface area contributed by atoms with Crippen LogP contribution in [0, 0.1) is 0 Å². The number of amides is 1. The van der Waals surface area contributed by atoms with Crippen molar-refractivity contribution in [2.75, 3.05) is 26.7 Å². The molecule has 0 atom stereocenters. The minimum Gasteiger partial charge on any atom is -0.480 e. The zero-order valence-electron chi connectivity index (χ0n) is 11.7. The smallest absolute Gasteiger partial charge is 0.323 e. The van der Waals surface area contributed by atoms with Gasteiger partial charge in [0.05, 0.1) is 0 Å². The van der Waals surface area contributed by atoms with Gasteiger partial charge in [-0.2, -0.15) is 0 Å². The maximum absolute atomic E-state index is 12.4. The average Bonchev–Trinajstić information content (AvgIpc) is 2.43. The Morgan fingerprint density at radius 1 is 1.10 bits per heavy atom. The van der Waals surface area contributed by atoms with Gasteiger partial charge >= 0.3 is 11.9 Å². The van der Waals surface area contributed by atoms with Crippen LogP contribution in [0.25, 0.3) is 0 Å². The lowest BCUT2D eigenvalue weighted by molar-refractivity contribution is -0.140. The first kappa shape index (κ1) is 16.6. The number of hydrogen-bond acceptors (Lipinski definition) is 4. The molecule has 1 aromatic rings. The molecule has 1 amide bonds. The predicted molar refractivity (Wildman–Crippen MR) is 75.2 cm³/mol. The van der Waals surface area contributed by atoms with Crippen LogP contribution in [0.5, 0.6) is 0 Å². The highest BCUT2D eigenvalue weighted by Crippen LogP contribution is 2.12. The number of benzene rings is 1. The van der Waals surface area contributed by atoms with Gasteiger partial charge in [-0.3, -0.25) is 14.4 Å². The second-order valence-corrected chi connectivity index (χ2v) is 4.46. The molecule has 0 saturated carbocycles. The Bertz CT molecular complexity index is 514. The average molecular weight is 294 g/mol. The van der Waals surface area contributed by atoms with Crippen LogP contribution in [0.4, 0.5) is 0 Å². The number of nitrogens with one attached hydrogen (secondary N) is 1. The number of likely N-dealkylation sites (N-methyl/N-ethyl adjacent to an activating group) is 1. The quantitative estimate of drug-likeness (QED) is 0.626. The Morgan fingerprint density at radius 3 is 2.19 bits per heavy atom. The highest BCUT2D eigenvalue weighted by molar-refractivity contribution is 5.98. The zero-order chi connectivity index (χ0) is 15.8. The molecule has 3 N–H and O–H groups in total. The van der Waals surface area contributed by atoms with Crippen molar-refractivity contribution >= 4 is 17.8 Å². The van der Waals surface area contributed by atoms with Gasteiger partial charge in [-0.15, -0.1) is 0 Å². The van der Waals surface area contributed by atoms with Gasteiger partial charge in [-0.25, -0.2) is 0 Å². The lowest BCUT2D eigenvalue weighted by Crippen LogP contribution is -2.39. The fraction of sp³-hybridized carbons (Fsp3) is 0.357. The van der Waals surface area contributed by atoms with Crippen molar-refractivity contribution in [1.82, 2.24) is 10.2 Å². The first-order chi connectivity index (χ1) is 9.95. The summed E-state index contributed by atoms with van der Waals surface area (Å²) in [4.78, 5) is 34.8. The maximum Gasteiger partial charge on any atom is 0.323 e. The van der Waals surface area contributed by atoms with Crippen LogP contribution >= 0.6 is 0 Å². The number of carbonyl (C=O) groups excluding carboxylic acids is 1. The number of nitrogens with zero attached hydrogens (tertiary/aromatic N) is 1. The van der Waals surface area contributed by atoms with Gasteiger partial charge in [0.1, 0.15) is 13.1 Å². The summed E-state index contributed by atoms with van der Waals surface area (Å²) in [7, 11) is 1.78. The molecule has 0 spiro atoms. The van der Waals surface area contributed by atoms with Crippen molar-refractivity contribution in [1.29, 1.82) is 0 Å². The molecule has 0 aliphatic rings. The Kier molecular flexibility index (Phi) is 6.35. The molecule has 0 fully saturated rings. The summed E-state index contributed by atoms with van der Waals surface area (Å²) >= 11 is 0. The van der Waals surface area contributed by atoms with Crippen LogP contribution in [0.15, 0.2) is 24.3 Å². The highest BCUT2D eigenvalue weighted by Gasteiger charge is 2.22. The summed E-state index contributed by atoms with van der Waals surface area (Å²) < 4.78 is 0. The molecule has 114 valence electrons. The van der Waals surface area contributed by atoms with E-state index in [9.17, 15) is 14.4 Å². The molecule has 0 aliphatic heterocycles. The normalized spacial score (nSPS) is 10.1. The van der Waals surface area contributed by atoms with E-state index in [1.54, 1.807) is 31.3 Å². The first-order valence-electron chi connectivity index (χ1n) is 6.41. The molecule has 0 unspecified atom stereocenters. The third-order valence-electron chi connectivity index (χ3n) is 2.83. The second kappa shape index (κ2) is 8.01. The van der Waals surface area contributed by atoms with Crippen LogP contribution in [0.1, 0.15) is 15.9 Å². The molecule has 0 aliphatic carbocycles. The lowest BCUT2D eigenvalue weighted by atomic mass is 10.0. The number of carboxylic acid groups (broad SMARTS) is 2. The van der Waals surface area contributed by atoms with Crippen LogP contribution in [0.3, 0.4) is 0 Å². The van der Waals surface area contributed by atoms with Crippen molar-refractivity contribution in [3.8, 4) is 0 Å². The number of carbonyl (C=O) groups is 3. The van der Waals surface area contributed by atoms with Crippen molar-refractivity contribution < 1.29 is 24.6 Å². The van der Waals surface area contributed by atoms with Crippen LogP contribution in [-0.4, -0.2) is 59.6 Å². The number of hydrogen-bond donors (Lipinski definition) is 3. The summed E-state index contributed by atoms with van der Waals surface area (Å²) in [5.41, 5.74) is 1.08. The summed E-state index contributed by atoms with van der Waals surface area (Å²) in [5, 5.41) is 20.6. The van der Waals surface area contributed by atoms with E-state index in [1.165, 1.54) is 0 Å². The molecule has 21 heavy (non-hydrogen) atoms. The SMILES string of the molecule is CNCCc1ccccc1C(=O)N(CC(=O)O)CC(=O)O. The van der Waals surface area contributed by atoms with E-state index in [0.29, 0.717) is 18.5 Å². The van der Waals surface area contributed by atoms with E-state index in [1.807, 2.05) is 0 Å². The predicted octanol–water partition coefficient (Wildman–Crippen LogP) is 0.0599. The fourth-order valence-electron chi connectivity index (χ4n) is 1.90. The Balaban J connectivity index is 3.01. The van der Waals surface area contributed by atoms with E-state index < -0.39 is 30.9 Å². The molecule has 0 heterocycles. The second-order valence-electron chi connectivity index (χ2n) is 4.46. The molecule has 1 rings (SSSR count). The molecule has 7 nitrogen and oxygen atoms in total. The van der Waals surface area contributed by atoms with Crippen LogP contribution in [0.2, 0.25) is 0 Å². The summed E-state index contributed by atoms with van der Waals surface area (Å²) in [5.74, 6) is -3.10. The zero-order valence-corrected chi connectivity index (χ0v) is 11.7. The van der Waals surface area contributed by atoms with E-state index in [-0.39, 0.29) is 0 Å². The van der Waals surface area contributed by atoms with Crippen molar-refractivity contribution in [2.24, 2.45) is 0 Å². The van der Waals surface area contributed by atoms with Gasteiger partial charge in [-0.05, 0) is 31.6 Å². The van der Waals surface area contributed by atoms with E-state index >= 15 is 0 Å². The topological polar surface area (TPSA) is 107 Å². The molecule has 1 aromatic carbocycles. The van der Waals surface area contributed by atoms with Gasteiger partial charge in [0.2, 0.25) is 0 Å². The summed E-state index contributed by atoms with van der Waals surface area (Å²) in [6, 6.07) is 6.78. The summed E-state index contributed by atoms with van der Waals surface area (Å²) in [6.45, 7) is -0.640. The Labute approximate surface area is 122 Å². The number of carboxylic acids is 2. The minimum absolute atomic E-state index is 0.329. The Hall–Kier alpha value is -2.41. The largest absolute Gasteiger partial charge is 0.480 e. The van der Waals surface area contributed by atoms with E-state index in [0.717, 1.165) is 10.5 Å². The molecule has 7 heteroatoms. The molecule has 0 radical (unpaired) electrons. The number of rotatable bonds is 8. The van der Waals surface area contributed by atoms with Gasteiger partial charge in [-0.1, -0.05) is 18.2 Å². The third kappa shape index (κ3) is 5.23. The monoisotopic (exact) mass is 294 g/mol. The van der Waals surface area contributed by atoms with Gasteiger partial charge in [0, 0.05) is 5.56 Å².